The molecule has 1 aromatic rings. The second kappa shape index (κ2) is 3.94. The molecule has 0 aliphatic heterocycles. The van der Waals surface area contributed by atoms with Gasteiger partial charge in [0, 0.05) is 17.3 Å². The summed E-state index contributed by atoms with van der Waals surface area (Å²) in [5.41, 5.74) is -1.94. The molecule has 0 saturated carbocycles. The molecule has 1 atom stereocenters. The molecule has 5 heteroatoms. The summed E-state index contributed by atoms with van der Waals surface area (Å²) >= 11 is 0. The highest BCUT2D eigenvalue weighted by Gasteiger charge is 2.37. The van der Waals surface area contributed by atoms with Gasteiger partial charge in [-0.25, -0.2) is 9.78 Å². The smallest absolute Gasteiger partial charge is 0.340 e. The molecular weight excluding hydrogens is 201 g/mol. The number of halogens is 1. The summed E-state index contributed by atoms with van der Waals surface area (Å²) in [7, 11) is 0. The quantitative estimate of drug-likeness (QED) is 0.740. The van der Waals surface area contributed by atoms with Gasteiger partial charge in [-0.2, -0.15) is 4.39 Å². The third kappa shape index (κ3) is 1.83. The van der Waals surface area contributed by atoms with Crippen LogP contribution in [0.5, 0.6) is 0 Å². The van der Waals surface area contributed by atoms with E-state index in [0.29, 0.717) is 0 Å². The van der Waals surface area contributed by atoms with Gasteiger partial charge in [-0.05, 0) is 19.4 Å². The molecule has 0 fully saturated rings. The van der Waals surface area contributed by atoms with E-state index in [2.05, 4.69) is 4.98 Å². The molecule has 0 radical (unpaired) electrons. The minimum atomic E-state index is -2.05. The largest absolute Gasteiger partial charge is 0.479 e. The summed E-state index contributed by atoms with van der Waals surface area (Å²) in [5, 5.41) is 18.8. The Labute approximate surface area is 86.4 Å². The maximum atomic E-state index is 13.1. The van der Waals surface area contributed by atoms with Crippen molar-refractivity contribution in [1.82, 2.24) is 4.98 Å². The number of carboxylic acid groups (broad SMARTS) is 1. The van der Waals surface area contributed by atoms with Gasteiger partial charge in [-0.1, -0.05) is 6.92 Å². The first-order valence-electron chi connectivity index (χ1n) is 4.50. The molecule has 1 rings (SSSR count). The fourth-order valence-corrected chi connectivity index (χ4v) is 1.42. The number of aromatic nitrogens is 1. The first-order valence-corrected chi connectivity index (χ1v) is 4.50. The Morgan fingerprint density at radius 2 is 2.27 bits per heavy atom. The van der Waals surface area contributed by atoms with E-state index < -0.39 is 17.5 Å². The molecule has 1 heterocycles. The molecular formula is C10H12FNO3. The van der Waals surface area contributed by atoms with Crippen molar-refractivity contribution in [3.8, 4) is 0 Å². The van der Waals surface area contributed by atoms with Gasteiger partial charge < -0.3 is 10.2 Å². The Morgan fingerprint density at radius 1 is 1.67 bits per heavy atom. The van der Waals surface area contributed by atoms with Crippen LogP contribution < -0.4 is 0 Å². The number of aliphatic carboxylic acids is 1. The van der Waals surface area contributed by atoms with E-state index in [-0.39, 0.29) is 17.5 Å². The van der Waals surface area contributed by atoms with Crippen LogP contribution in [-0.2, 0) is 10.4 Å². The van der Waals surface area contributed by atoms with Gasteiger partial charge in [0.1, 0.15) is 0 Å². The van der Waals surface area contributed by atoms with Crippen LogP contribution in [0.3, 0.4) is 0 Å². The molecule has 4 nitrogen and oxygen atoms in total. The predicted octanol–water partition coefficient (Wildman–Crippen LogP) is 1.21. The van der Waals surface area contributed by atoms with Crippen LogP contribution >= 0.6 is 0 Å². The summed E-state index contributed by atoms with van der Waals surface area (Å²) in [4.78, 5) is 14.3. The molecule has 0 aliphatic rings. The van der Waals surface area contributed by atoms with Crippen molar-refractivity contribution in [3.63, 3.8) is 0 Å². The third-order valence-electron chi connectivity index (χ3n) is 2.45. The van der Waals surface area contributed by atoms with E-state index in [1.165, 1.54) is 19.9 Å². The SMILES string of the molecule is CCC(O)(C(=O)O)c1ccnc(F)c1C. The van der Waals surface area contributed by atoms with Gasteiger partial charge in [-0.15, -0.1) is 0 Å². The van der Waals surface area contributed by atoms with E-state index in [0.717, 1.165) is 6.20 Å². The molecule has 0 bridgehead atoms. The topological polar surface area (TPSA) is 70.4 Å². The molecule has 0 spiro atoms. The van der Waals surface area contributed by atoms with Gasteiger partial charge in [0.15, 0.2) is 5.60 Å². The average molecular weight is 213 g/mol. The standard InChI is InChI=1S/C10H12FNO3/c1-3-10(15,9(13)14)7-4-5-12-8(11)6(7)2/h4-5,15H,3H2,1-2H3,(H,13,14). The van der Waals surface area contributed by atoms with Crippen LogP contribution in [-0.4, -0.2) is 21.2 Å². The Hall–Kier alpha value is -1.49. The number of aliphatic hydroxyl groups is 1. The Balaban J connectivity index is 3.37. The molecule has 0 saturated heterocycles. The van der Waals surface area contributed by atoms with Crippen molar-refractivity contribution in [2.75, 3.05) is 0 Å². The molecule has 0 aromatic carbocycles. The third-order valence-corrected chi connectivity index (χ3v) is 2.45. The van der Waals surface area contributed by atoms with Crippen LogP contribution in [0.25, 0.3) is 0 Å². The first-order chi connectivity index (χ1) is 6.93. The summed E-state index contributed by atoms with van der Waals surface area (Å²) in [6, 6.07) is 1.32. The van der Waals surface area contributed by atoms with Crippen LogP contribution in [0.15, 0.2) is 12.3 Å². The van der Waals surface area contributed by atoms with E-state index in [1.807, 2.05) is 0 Å². The lowest BCUT2D eigenvalue weighted by Crippen LogP contribution is -2.35. The number of nitrogens with zero attached hydrogens (tertiary/aromatic N) is 1. The molecule has 0 aliphatic carbocycles. The lowest BCUT2D eigenvalue weighted by Gasteiger charge is -2.23. The van der Waals surface area contributed by atoms with Gasteiger partial charge in [0.2, 0.25) is 5.95 Å². The second-order valence-electron chi connectivity index (χ2n) is 3.29. The minimum Gasteiger partial charge on any atom is -0.479 e. The van der Waals surface area contributed by atoms with Crippen molar-refractivity contribution in [3.05, 3.63) is 29.3 Å². The van der Waals surface area contributed by atoms with Crippen molar-refractivity contribution >= 4 is 5.97 Å². The summed E-state index contributed by atoms with van der Waals surface area (Å²) in [6.45, 7) is 2.91. The highest BCUT2D eigenvalue weighted by molar-refractivity contribution is 5.79. The Morgan fingerprint density at radius 3 is 2.73 bits per heavy atom. The number of pyridine rings is 1. The lowest BCUT2D eigenvalue weighted by molar-refractivity contribution is -0.160. The van der Waals surface area contributed by atoms with Crippen LogP contribution in [0.4, 0.5) is 4.39 Å². The van der Waals surface area contributed by atoms with E-state index in [4.69, 9.17) is 5.11 Å². The highest BCUT2D eigenvalue weighted by Crippen LogP contribution is 2.28. The molecule has 82 valence electrons. The lowest BCUT2D eigenvalue weighted by atomic mass is 9.89. The monoisotopic (exact) mass is 213 g/mol. The summed E-state index contributed by atoms with van der Waals surface area (Å²) in [5.74, 6) is -2.15. The zero-order chi connectivity index (χ0) is 11.6. The van der Waals surface area contributed by atoms with Crippen molar-refractivity contribution < 1.29 is 19.4 Å². The molecule has 1 unspecified atom stereocenters. The normalized spacial score (nSPS) is 14.7. The molecule has 2 N–H and O–H groups in total. The molecule has 1 aromatic heterocycles. The fraction of sp³-hybridized carbons (Fsp3) is 0.400. The van der Waals surface area contributed by atoms with Gasteiger partial charge in [-0.3, -0.25) is 0 Å². The number of rotatable bonds is 3. The first kappa shape index (κ1) is 11.6. The fourth-order valence-electron chi connectivity index (χ4n) is 1.42. The van der Waals surface area contributed by atoms with Crippen molar-refractivity contribution in [1.29, 1.82) is 0 Å². The minimum absolute atomic E-state index is 0.0351. The van der Waals surface area contributed by atoms with Gasteiger partial charge in [0.25, 0.3) is 0 Å². The number of hydrogen-bond acceptors (Lipinski definition) is 3. The van der Waals surface area contributed by atoms with Gasteiger partial charge >= 0.3 is 5.97 Å². The number of carbonyl (C=O) groups is 1. The molecule has 0 amide bonds. The van der Waals surface area contributed by atoms with E-state index in [9.17, 15) is 14.3 Å². The van der Waals surface area contributed by atoms with Crippen LogP contribution in [0.1, 0.15) is 24.5 Å². The average Bonchev–Trinajstić information content (AvgIpc) is 2.20. The highest BCUT2D eigenvalue weighted by atomic mass is 19.1. The van der Waals surface area contributed by atoms with Gasteiger partial charge in [0.05, 0.1) is 0 Å². The zero-order valence-corrected chi connectivity index (χ0v) is 8.49. The van der Waals surface area contributed by atoms with Crippen LogP contribution in [0, 0.1) is 12.9 Å². The molecule has 15 heavy (non-hydrogen) atoms. The van der Waals surface area contributed by atoms with Crippen molar-refractivity contribution in [2.24, 2.45) is 0 Å². The van der Waals surface area contributed by atoms with Crippen molar-refractivity contribution in [2.45, 2.75) is 25.9 Å². The Bertz CT molecular complexity index is 394. The summed E-state index contributed by atoms with van der Waals surface area (Å²) < 4.78 is 13.1. The number of carboxylic acids is 1. The summed E-state index contributed by atoms with van der Waals surface area (Å²) in [6.07, 6.45) is 1.11. The van der Waals surface area contributed by atoms with Crippen LogP contribution in [0.2, 0.25) is 0 Å². The zero-order valence-electron chi connectivity index (χ0n) is 8.49. The predicted molar refractivity (Wildman–Crippen MR) is 50.8 cm³/mol. The maximum Gasteiger partial charge on any atom is 0.340 e. The second-order valence-corrected chi connectivity index (χ2v) is 3.29. The van der Waals surface area contributed by atoms with E-state index in [1.54, 1.807) is 0 Å². The Kier molecular flexibility index (Phi) is 3.04. The maximum absolute atomic E-state index is 13.1. The van der Waals surface area contributed by atoms with E-state index >= 15 is 0 Å². The number of hydrogen-bond donors (Lipinski definition) is 2.